The maximum absolute atomic E-state index is 11.5. The number of nitrogens with one attached hydrogen (secondary N) is 2. The Morgan fingerprint density at radius 1 is 1.73 bits per heavy atom. The zero-order chi connectivity index (χ0) is 9.97. The van der Waals surface area contributed by atoms with Crippen LogP contribution < -0.4 is 10.6 Å². The van der Waals surface area contributed by atoms with Crippen molar-refractivity contribution in [1.82, 2.24) is 15.5 Å². The number of β-amino-alcohol motifs (C(OH)–C–C–N with tert-alkyl or cyclic N) is 1. The summed E-state index contributed by atoms with van der Waals surface area (Å²) in [7, 11) is 0. The molecule has 15 heavy (non-hydrogen) atoms. The molecule has 1 fully saturated rings. The highest BCUT2D eigenvalue weighted by Crippen LogP contribution is 2.12. The van der Waals surface area contributed by atoms with E-state index in [0.717, 1.165) is 0 Å². The first-order chi connectivity index (χ1) is 6.75. The van der Waals surface area contributed by atoms with E-state index >= 15 is 0 Å². The molecule has 1 aromatic heterocycles. The minimum absolute atomic E-state index is 0. The number of nitrogens with zero attached hydrogens (tertiary/aromatic N) is 2. The number of carbonyl (C=O) groups excluding carboxylic acids is 1. The third-order valence-electron chi connectivity index (χ3n) is 2.01. The molecule has 2 atom stereocenters. The minimum atomic E-state index is -0.430. The van der Waals surface area contributed by atoms with Crippen molar-refractivity contribution in [3.8, 4) is 0 Å². The van der Waals surface area contributed by atoms with Crippen molar-refractivity contribution in [2.75, 3.05) is 11.9 Å². The quantitative estimate of drug-likeness (QED) is 0.666. The average Bonchev–Trinajstić information content (AvgIpc) is 2.75. The summed E-state index contributed by atoms with van der Waals surface area (Å²) in [5.74, 6) is -0.168. The molecule has 0 bridgehead atoms. The van der Waals surface area contributed by atoms with Gasteiger partial charge in [-0.25, -0.2) is 0 Å². The van der Waals surface area contributed by atoms with Crippen molar-refractivity contribution in [1.29, 1.82) is 0 Å². The van der Waals surface area contributed by atoms with Gasteiger partial charge in [0.2, 0.25) is 11.0 Å². The van der Waals surface area contributed by atoms with Crippen LogP contribution >= 0.6 is 23.7 Å². The SMILES string of the molecule is Cl.O=C(Nc1nncs1)[C@H]1C[C@@H](O)CN1. The smallest absolute Gasteiger partial charge is 0.243 e. The zero-order valence-electron chi connectivity index (χ0n) is 7.71. The van der Waals surface area contributed by atoms with Gasteiger partial charge in [0.15, 0.2) is 0 Å². The van der Waals surface area contributed by atoms with Gasteiger partial charge in [0.05, 0.1) is 12.1 Å². The lowest BCUT2D eigenvalue weighted by Gasteiger charge is -2.07. The number of rotatable bonds is 2. The largest absolute Gasteiger partial charge is 0.392 e. The molecule has 2 heterocycles. The summed E-state index contributed by atoms with van der Waals surface area (Å²) >= 11 is 1.27. The number of anilines is 1. The summed E-state index contributed by atoms with van der Waals surface area (Å²) in [6, 6.07) is -0.325. The summed E-state index contributed by atoms with van der Waals surface area (Å²) in [5, 5.41) is 22.5. The molecule has 3 N–H and O–H groups in total. The molecule has 8 heteroatoms. The Kier molecular flexibility index (Phi) is 4.40. The molecule has 1 saturated heterocycles. The number of hydrogen-bond donors (Lipinski definition) is 3. The van der Waals surface area contributed by atoms with Gasteiger partial charge in [-0.15, -0.1) is 22.6 Å². The molecule has 0 aliphatic carbocycles. The maximum Gasteiger partial charge on any atom is 0.243 e. The number of aromatic nitrogens is 2. The Balaban J connectivity index is 0.00000112. The Morgan fingerprint density at radius 2 is 2.53 bits per heavy atom. The number of carbonyl (C=O) groups is 1. The monoisotopic (exact) mass is 250 g/mol. The summed E-state index contributed by atoms with van der Waals surface area (Å²) < 4.78 is 0. The van der Waals surface area contributed by atoms with Crippen molar-refractivity contribution in [2.24, 2.45) is 0 Å². The van der Waals surface area contributed by atoms with Crippen LogP contribution in [0.4, 0.5) is 5.13 Å². The number of hydrogen-bond acceptors (Lipinski definition) is 6. The van der Waals surface area contributed by atoms with E-state index in [4.69, 9.17) is 0 Å². The summed E-state index contributed by atoms with van der Waals surface area (Å²) in [6.45, 7) is 0.466. The van der Waals surface area contributed by atoms with Crippen molar-refractivity contribution >= 4 is 34.8 Å². The van der Waals surface area contributed by atoms with Crippen LogP contribution in [-0.2, 0) is 4.79 Å². The minimum Gasteiger partial charge on any atom is -0.392 e. The van der Waals surface area contributed by atoms with Gasteiger partial charge in [-0.2, -0.15) is 0 Å². The molecule has 0 unspecified atom stereocenters. The molecule has 0 spiro atoms. The Hall–Kier alpha value is -0.760. The van der Waals surface area contributed by atoms with Crippen LogP contribution in [0.1, 0.15) is 6.42 Å². The lowest BCUT2D eigenvalue weighted by Crippen LogP contribution is -2.35. The van der Waals surface area contributed by atoms with Gasteiger partial charge >= 0.3 is 0 Å². The van der Waals surface area contributed by atoms with Crippen molar-refractivity contribution in [3.05, 3.63) is 5.51 Å². The van der Waals surface area contributed by atoms with E-state index < -0.39 is 6.10 Å². The molecule has 1 aliphatic heterocycles. The van der Waals surface area contributed by atoms with E-state index in [9.17, 15) is 9.90 Å². The molecular formula is C7H11ClN4O2S. The molecule has 1 aliphatic rings. The second kappa shape index (κ2) is 5.36. The Labute approximate surface area is 96.5 Å². The van der Waals surface area contributed by atoms with Crippen molar-refractivity contribution < 1.29 is 9.90 Å². The Bertz CT molecular complexity index is 321. The molecule has 0 radical (unpaired) electrons. The molecular weight excluding hydrogens is 240 g/mol. The van der Waals surface area contributed by atoms with Crippen molar-refractivity contribution in [2.45, 2.75) is 18.6 Å². The van der Waals surface area contributed by atoms with Crippen LogP contribution in [0.2, 0.25) is 0 Å². The van der Waals surface area contributed by atoms with E-state index in [2.05, 4.69) is 20.8 Å². The average molecular weight is 251 g/mol. The van der Waals surface area contributed by atoms with E-state index in [1.807, 2.05) is 0 Å². The lowest BCUT2D eigenvalue weighted by molar-refractivity contribution is -0.117. The number of halogens is 1. The standard InChI is InChI=1S/C7H10N4O2S.ClH/c12-4-1-5(8-2-4)6(13)10-7-11-9-3-14-7;/h3-5,8,12H,1-2H2,(H,10,11,13);1H/t4-,5-;/m1./s1. The third-order valence-corrected chi connectivity index (χ3v) is 2.62. The van der Waals surface area contributed by atoms with E-state index in [1.165, 1.54) is 11.3 Å². The van der Waals surface area contributed by atoms with Gasteiger partial charge in [-0.05, 0) is 6.42 Å². The van der Waals surface area contributed by atoms with Gasteiger partial charge in [-0.3, -0.25) is 10.1 Å². The first-order valence-corrected chi connectivity index (χ1v) is 5.12. The topological polar surface area (TPSA) is 87.1 Å². The first kappa shape index (κ1) is 12.3. The van der Waals surface area contributed by atoms with Crippen LogP contribution in [-0.4, -0.2) is 39.9 Å². The van der Waals surface area contributed by atoms with Gasteiger partial charge < -0.3 is 10.4 Å². The molecule has 2 rings (SSSR count). The van der Waals surface area contributed by atoms with Crippen LogP contribution in [0.15, 0.2) is 5.51 Å². The van der Waals surface area contributed by atoms with Crippen LogP contribution in [0.3, 0.4) is 0 Å². The maximum atomic E-state index is 11.5. The normalized spacial score (nSPS) is 24.6. The number of aliphatic hydroxyl groups excluding tert-OH is 1. The van der Waals surface area contributed by atoms with Crippen LogP contribution in [0.25, 0.3) is 0 Å². The number of aliphatic hydroxyl groups is 1. The third kappa shape index (κ3) is 3.10. The fourth-order valence-corrected chi connectivity index (χ4v) is 1.78. The summed E-state index contributed by atoms with van der Waals surface area (Å²) in [5.41, 5.74) is 1.55. The van der Waals surface area contributed by atoms with Gasteiger partial charge in [0, 0.05) is 6.54 Å². The van der Waals surface area contributed by atoms with E-state index in [1.54, 1.807) is 5.51 Å². The predicted octanol–water partition coefficient (Wildman–Crippen LogP) is -0.379. The van der Waals surface area contributed by atoms with Gasteiger partial charge in [-0.1, -0.05) is 11.3 Å². The highest BCUT2D eigenvalue weighted by atomic mass is 35.5. The highest BCUT2D eigenvalue weighted by molar-refractivity contribution is 7.13. The van der Waals surface area contributed by atoms with Crippen LogP contribution in [0, 0.1) is 0 Å². The fourth-order valence-electron chi connectivity index (χ4n) is 1.34. The number of amides is 1. The van der Waals surface area contributed by atoms with Gasteiger partial charge in [0.1, 0.15) is 5.51 Å². The fraction of sp³-hybridized carbons (Fsp3) is 0.571. The van der Waals surface area contributed by atoms with E-state index in [-0.39, 0.29) is 24.4 Å². The molecule has 1 aromatic rings. The lowest BCUT2D eigenvalue weighted by atomic mass is 10.2. The molecule has 6 nitrogen and oxygen atoms in total. The molecule has 1 amide bonds. The molecule has 84 valence electrons. The molecule has 0 aromatic carbocycles. The van der Waals surface area contributed by atoms with Gasteiger partial charge in [0.25, 0.3) is 0 Å². The Morgan fingerprint density at radius 3 is 3.07 bits per heavy atom. The van der Waals surface area contributed by atoms with Crippen LogP contribution in [0.5, 0.6) is 0 Å². The second-order valence-corrected chi connectivity index (χ2v) is 3.92. The summed E-state index contributed by atoms with van der Waals surface area (Å²) in [6.07, 6.45) is 0.0186. The zero-order valence-corrected chi connectivity index (χ0v) is 9.35. The van der Waals surface area contributed by atoms with E-state index in [0.29, 0.717) is 18.1 Å². The first-order valence-electron chi connectivity index (χ1n) is 4.24. The second-order valence-electron chi connectivity index (χ2n) is 3.08. The van der Waals surface area contributed by atoms with Crippen molar-refractivity contribution in [3.63, 3.8) is 0 Å². The summed E-state index contributed by atoms with van der Waals surface area (Å²) in [4.78, 5) is 11.5. The predicted molar refractivity (Wildman–Crippen MR) is 58.2 cm³/mol. The highest BCUT2D eigenvalue weighted by Gasteiger charge is 2.28. The molecule has 0 saturated carbocycles.